The third-order valence-corrected chi connectivity index (χ3v) is 2.64. The van der Waals surface area contributed by atoms with Crippen molar-refractivity contribution in [3.05, 3.63) is 37.9 Å². The molecule has 92 valence electrons. The summed E-state index contributed by atoms with van der Waals surface area (Å²) in [6.07, 6.45) is -0.108. The van der Waals surface area contributed by atoms with Crippen LogP contribution in [-0.4, -0.2) is 17.5 Å². The highest BCUT2D eigenvalue weighted by Gasteiger charge is 2.17. The second-order valence-corrected chi connectivity index (χ2v) is 3.94. The Kier molecular flexibility index (Phi) is 4.72. The fraction of sp³-hybridized carbons (Fsp3) is 0.300. The number of non-ortho nitro benzene ring substituents is 1. The van der Waals surface area contributed by atoms with Crippen molar-refractivity contribution in [2.75, 3.05) is 6.61 Å². The van der Waals surface area contributed by atoms with Crippen LogP contribution in [-0.2, 0) is 16.0 Å². The second-order valence-electron chi connectivity index (χ2n) is 3.13. The number of carbonyl (C=O) groups is 1. The van der Waals surface area contributed by atoms with Gasteiger partial charge in [0.05, 0.1) is 28.0 Å². The van der Waals surface area contributed by atoms with Gasteiger partial charge in [0.1, 0.15) is 0 Å². The van der Waals surface area contributed by atoms with E-state index in [0.29, 0.717) is 5.56 Å². The molecule has 0 bridgehead atoms. The van der Waals surface area contributed by atoms with Crippen LogP contribution < -0.4 is 0 Å². The summed E-state index contributed by atoms with van der Waals surface area (Å²) in [6.45, 7) is 1.93. The first-order valence-electron chi connectivity index (χ1n) is 4.73. The average Bonchev–Trinajstić information content (AvgIpc) is 2.23. The van der Waals surface area contributed by atoms with Gasteiger partial charge in [-0.05, 0) is 6.92 Å². The SMILES string of the molecule is CCOC(=O)Cc1c(Cl)cc([N+](=O)[O-])cc1Cl. The number of rotatable bonds is 4. The lowest BCUT2D eigenvalue weighted by atomic mass is 10.1. The minimum Gasteiger partial charge on any atom is -0.466 e. The lowest BCUT2D eigenvalue weighted by molar-refractivity contribution is -0.384. The molecular weight excluding hydrogens is 269 g/mol. The number of nitro benzene ring substituents is 1. The molecule has 1 rings (SSSR count). The van der Waals surface area contributed by atoms with E-state index in [1.54, 1.807) is 6.92 Å². The molecule has 0 spiro atoms. The predicted octanol–water partition coefficient (Wildman–Crippen LogP) is 3.01. The molecule has 0 atom stereocenters. The fourth-order valence-electron chi connectivity index (χ4n) is 1.22. The van der Waals surface area contributed by atoms with Crippen molar-refractivity contribution in [2.45, 2.75) is 13.3 Å². The first-order valence-corrected chi connectivity index (χ1v) is 5.49. The molecule has 0 amide bonds. The first kappa shape index (κ1) is 13.7. The lowest BCUT2D eigenvalue weighted by Gasteiger charge is -2.06. The van der Waals surface area contributed by atoms with E-state index in [0.717, 1.165) is 12.1 Å². The first-order chi connectivity index (χ1) is 7.95. The Bertz CT molecular complexity index is 439. The monoisotopic (exact) mass is 277 g/mol. The van der Waals surface area contributed by atoms with E-state index in [1.807, 2.05) is 0 Å². The van der Waals surface area contributed by atoms with Crippen molar-refractivity contribution in [1.82, 2.24) is 0 Å². The molecule has 0 fully saturated rings. The second kappa shape index (κ2) is 5.84. The van der Waals surface area contributed by atoms with Crippen LogP contribution in [0.15, 0.2) is 12.1 Å². The Balaban J connectivity index is 3.01. The molecule has 1 aromatic rings. The highest BCUT2D eigenvalue weighted by Crippen LogP contribution is 2.30. The molecule has 5 nitrogen and oxygen atoms in total. The van der Waals surface area contributed by atoms with Crippen molar-refractivity contribution in [1.29, 1.82) is 0 Å². The van der Waals surface area contributed by atoms with Gasteiger partial charge >= 0.3 is 5.97 Å². The number of hydrogen-bond donors (Lipinski definition) is 0. The summed E-state index contributed by atoms with van der Waals surface area (Å²) in [5.74, 6) is -0.481. The number of esters is 1. The van der Waals surface area contributed by atoms with E-state index >= 15 is 0 Å². The Morgan fingerprint density at radius 2 is 1.94 bits per heavy atom. The van der Waals surface area contributed by atoms with Crippen LogP contribution in [0, 0.1) is 10.1 Å². The van der Waals surface area contributed by atoms with Gasteiger partial charge < -0.3 is 4.74 Å². The Labute approximate surface area is 107 Å². The molecule has 17 heavy (non-hydrogen) atoms. The fourth-order valence-corrected chi connectivity index (χ4v) is 1.83. The predicted molar refractivity (Wildman–Crippen MR) is 63.5 cm³/mol. The van der Waals surface area contributed by atoms with Crippen LogP contribution in [0.4, 0.5) is 5.69 Å². The summed E-state index contributed by atoms with van der Waals surface area (Å²) < 4.78 is 4.74. The van der Waals surface area contributed by atoms with Gasteiger partial charge in [0.2, 0.25) is 0 Å². The van der Waals surface area contributed by atoms with E-state index in [9.17, 15) is 14.9 Å². The van der Waals surface area contributed by atoms with E-state index in [-0.39, 0.29) is 28.8 Å². The number of nitro groups is 1. The minimum atomic E-state index is -0.605. The van der Waals surface area contributed by atoms with Crippen LogP contribution in [0.2, 0.25) is 10.0 Å². The summed E-state index contributed by atoms with van der Waals surface area (Å²) in [5.41, 5.74) is 0.116. The molecule has 0 saturated carbocycles. The zero-order chi connectivity index (χ0) is 13.0. The summed E-state index contributed by atoms with van der Waals surface area (Å²) in [6, 6.07) is 2.31. The topological polar surface area (TPSA) is 69.4 Å². The maximum atomic E-state index is 11.3. The molecule has 0 aliphatic rings. The molecule has 0 aliphatic carbocycles. The number of nitrogens with zero attached hydrogens (tertiary/aromatic N) is 1. The van der Waals surface area contributed by atoms with E-state index in [4.69, 9.17) is 27.9 Å². The van der Waals surface area contributed by atoms with Gasteiger partial charge in [-0.3, -0.25) is 14.9 Å². The summed E-state index contributed by atoms with van der Waals surface area (Å²) in [7, 11) is 0. The van der Waals surface area contributed by atoms with Crippen molar-refractivity contribution in [3.63, 3.8) is 0 Å². The Morgan fingerprint density at radius 1 is 1.41 bits per heavy atom. The van der Waals surface area contributed by atoms with Crippen molar-refractivity contribution in [2.24, 2.45) is 0 Å². The summed E-state index contributed by atoms with van der Waals surface area (Å²) in [5, 5.41) is 10.7. The average molecular weight is 278 g/mol. The van der Waals surface area contributed by atoms with Crippen molar-refractivity contribution in [3.8, 4) is 0 Å². The van der Waals surface area contributed by atoms with Crippen molar-refractivity contribution >= 4 is 34.9 Å². The zero-order valence-electron chi connectivity index (χ0n) is 8.91. The van der Waals surface area contributed by atoms with Gasteiger partial charge in [0, 0.05) is 17.7 Å². The molecule has 7 heteroatoms. The summed E-state index contributed by atoms with van der Waals surface area (Å²) >= 11 is 11.7. The largest absolute Gasteiger partial charge is 0.466 e. The third-order valence-electron chi connectivity index (χ3n) is 1.96. The maximum Gasteiger partial charge on any atom is 0.310 e. The number of hydrogen-bond acceptors (Lipinski definition) is 4. The van der Waals surface area contributed by atoms with E-state index < -0.39 is 10.9 Å². The standard InChI is InChI=1S/C10H9Cl2NO4/c1-2-17-10(14)5-7-8(11)3-6(13(15)16)4-9(7)12/h3-4H,2,5H2,1H3. The van der Waals surface area contributed by atoms with Crippen LogP contribution >= 0.6 is 23.2 Å². The number of benzene rings is 1. The zero-order valence-corrected chi connectivity index (χ0v) is 10.4. The lowest BCUT2D eigenvalue weighted by Crippen LogP contribution is -2.08. The van der Waals surface area contributed by atoms with E-state index in [2.05, 4.69) is 0 Å². The molecule has 0 radical (unpaired) electrons. The van der Waals surface area contributed by atoms with Gasteiger partial charge in [-0.1, -0.05) is 23.2 Å². The number of halogens is 2. The van der Waals surface area contributed by atoms with Gasteiger partial charge in [0.15, 0.2) is 0 Å². The maximum absolute atomic E-state index is 11.3. The van der Waals surface area contributed by atoms with Gasteiger partial charge in [0.25, 0.3) is 5.69 Å². The Morgan fingerprint density at radius 3 is 2.35 bits per heavy atom. The molecule has 0 heterocycles. The van der Waals surface area contributed by atoms with Gasteiger partial charge in [-0.15, -0.1) is 0 Å². The molecular formula is C10H9Cl2NO4. The van der Waals surface area contributed by atoms with Crippen LogP contribution in [0.3, 0.4) is 0 Å². The number of ether oxygens (including phenoxy) is 1. The molecule has 0 aromatic heterocycles. The molecule has 1 aromatic carbocycles. The molecule has 0 N–H and O–H groups in total. The van der Waals surface area contributed by atoms with Crippen LogP contribution in [0.1, 0.15) is 12.5 Å². The third kappa shape index (κ3) is 3.57. The summed E-state index contributed by atoms with van der Waals surface area (Å²) in [4.78, 5) is 21.2. The Hall–Kier alpha value is -1.33. The molecule has 0 saturated heterocycles. The van der Waals surface area contributed by atoms with E-state index in [1.165, 1.54) is 0 Å². The molecule has 0 unspecified atom stereocenters. The van der Waals surface area contributed by atoms with Crippen LogP contribution in [0.25, 0.3) is 0 Å². The quantitative estimate of drug-likeness (QED) is 0.482. The minimum absolute atomic E-state index is 0.0808. The van der Waals surface area contributed by atoms with Gasteiger partial charge in [-0.2, -0.15) is 0 Å². The van der Waals surface area contributed by atoms with Crippen molar-refractivity contribution < 1.29 is 14.5 Å². The highest BCUT2D eigenvalue weighted by atomic mass is 35.5. The van der Waals surface area contributed by atoms with Crippen LogP contribution in [0.5, 0.6) is 0 Å². The highest BCUT2D eigenvalue weighted by molar-refractivity contribution is 6.36. The van der Waals surface area contributed by atoms with Gasteiger partial charge in [-0.25, -0.2) is 0 Å². The smallest absolute Gasteiger partial charge is 0.310 e. The number of carbonyl (C=O) groups excluding carboxylic acids is 1. The normalized spacial score (nSPS) is 10.1. The molecule has 0 aliphatic heterocycles.